The molecule has 1 aliphatic heterocycles. The van der Waals surface area contributed by atoms with Crippen molar-refractivity contribution < 1.29 is 4.79 Å². The Labute approximate surface area is 123 Å². The van der Waals surface area contributed by atoms with Gasteiger partial charge >= 0.3 is 0 Å². The predicted molar refractivity (Wildman–Crippen MR) is 83.7 cm³/mol. The van der Waals surface area contributed by atoms with Gasteiger partial charge in [-0.2, -0.15) is 0 Å². The Morgan fingerprint density at radius 1 is 1.10 bits per heavy atom. The van der Waals surface area contributed by atoms with Crippen molar-refractivity contribution in [2.24, 2.45) is 5.73 Å². The monoisotopic (exact) mass is 284 g/mol. The van der Waals surface area contributed by atoms with Crippen molar-refractivity contribution >= 4 is 5.91 Å². The minimum Gasteiger partial charge on any atom is -0.354 e. The summed E-state index contributed by atoms with van der Waals surface area (Å²) in [6, 6.07) is 0. The molecule has 0 saturated carbocycles. The lowest BCUT2D eigenvalue weighted by molar-refractivity contribution is -0.121. The van der Waals surface area contributed by atoms with Crippen molar-refractivity contribution in [2.45, 2.75) is 45.6 Å². The summed E-state index contributed by atoms with van der Waals surface area (Å²) < 4.78 is 0. The van der Waals surface area contributed by atoms with E-state index in [9.17, 15) is 4.79 Å². The molecule has 1 heterocycles. The highest BCUT2D eigenvalue weighted by Gasteiger charge is 2.21. The van der Waals surface area contributed by atoms with Gasteiger partial charge in [-0.1, -0.05) is 20.8 Å². The molecule has 0 aromatic rings. The highest BCUT2D eigenvalue weighted by molar-refractivity contribution is 5.76. The van der Waals surface area contributed by atoms with Crippen molar-refractivity contribution in [2.75, 3.05) is 45.8 Å². The maximum absolute atomic E-state index is 11.9. The summed E-state index contributed by atoms with van der Waals surface area (Å²) in [5, 5.41) is 2.98. The summed E-state index contributed by atoms with van der Waals surface area (Å²) in [5.41, 5.74) is 5.94. The van der Waals surface area contributed by atoms with Gasteiger partial charge in [0.25, 0.3) is 0 Å². The molecule has 0 atom stereocenters. The molecule has 0 unspecified atom stereocenters. The van der Waals surface area contributed by atoms with E-state index >= 15 is 0 Å². The first kappa shape index (κ1) is 17.4. The van der Waals surface area contributed by atoms with E-state index in [1.807, 2.05) is 0 Å². The van der Waals surface area contributed by atoms with E-state index in [4.69, 9.17) is 5.73 Å². The summed E-state index contributed by atoms with van der Waals surface area (Å²) in [6.45, 7) is 13.3. The second-order valence-corrected chi connectivity index (χ2v) is 5.87. The SMILES string of the molecule is CCN1CCN(CCC(=O)NCC(N)(CC)CC)CC1. The molecule has 1 rings (SSSR count). The zero-order valence-electron chi connectivity index (χ0n) is 13.5. The molecular weight excluding hydrogens is 252 g/mol. The summed E-state index contributed by atoms with van der Waals surface area (Å²) in [4.78, 5) is 16.7. The number of rotatable bonds is 8. The van der Waals surface area contributed by atoms with Crippen LogP contribution in [0.2, 0.25) is 0 Å². The second-order valence-electron chi connectivity index (χ2n) is 5.87. The molecule has 0 aromatic carbocycles. The third-order valence-electron chi connectivity index (χ3n) is 4.61. The lowest BCUT2D eigenvalue weighted by atomic mass is 9.94. The van der Waals surface area contributed by atoms with Crippen LogP contribution in [0.3, 0.4) is 0 Å². The van der Waals surface area contributed by atoms with Crippen LogP contribution in [0.5, 0.6) is 0 Å². The number of hydrogen-bond donors (Lipinski definition) is 2. The predicted octanol–water partition coefficient (Wildman–Crippen LogP) is 0.648. The van der Waals surface area contributed by atoms with Gasteiger partial charge in [-0.05, 0) is 19.4 Å². The molecule has 3 N–H and O–H groups in total. The normalized spacial score (nSPS) is 18.2. The van der Waals surface area contributed by atoms with Crippen molar-refractivity contribution in [1.82, 2.24) is 15.1 Å². The topological polar surface area (TPSA) is 61.6 Å². The van der Waals surface area contributed by atoms with Crippen LogP contribution in [0.1, 0.15) is 40.0 Å². The highest BCUT2D eigenvalue weighted by atomic mass is 16.1. The minimum atomic E-state index is -0.248. The molecule has 1 aliphatic rings. The van der Waals surface area contributed by atoms with Gasteiger partial charge in [0.05, 0.1) is 0 Å². The number of carbonyl (C=O) groups is 1. The molecule has 0 radical (unpaired) electrons. The zero-order valence-corrected chi connectivity index (χ0v) is 13.5. The standard InChI is InChI=1S/C15H32N4O/c1-4-15(16,5-2)13-17-14(20)7-8-19-11-9-18(6-3)10-12-19/h4-13,16H2,1-3H3,(H,17,20). The van der Waals surface area contributed by atoms with Crippen molar-refractivity contribution in [3.63, 3.8) is 0 Å². The number of amides is 1. The van der Waals surface area contributed by atoms with Gasteiger partial charge in [-0.25, -0.2) is 0 Å². The van der Waals surface area contributed by atoms with Gasteiger partial charge < -0.3 is 20.9 Å². The van der Waals surface area contributed by atoms with E-state index in [2.05, 4.69) is 35.9 Å². The minimum absolute atomic E-state index is 0.125. The molecular formula is C15H32N4O. The van der Waals surface area contributed by atoms with E-state index in [1.165, 1.54) is 0 Å². The third kappa shape index (κ3) is 5.77. The fourth-order valence-corrected chi connectivity index (χ4v) is 2.45. The number of hydrogen-bond acceptors (Lipinski definition) is 4. The first-order valence-electron chi connectivity index (χ1n) is 8.03. The molecule has 0 aromatic heterocycles. The summed E-state index contributed by atoms with van der Waals surface area (Å²) in [6.07, 6.45) is 2.36. The van der Waals surface area contributed by atoms with Crippen LogP contribution in [0.4, 0.5) is 0 Å². The van der Waals surface area contributed by atoms with Crippen molar-refractivity contribution in [1.29, 1.82) is 0 Å². The molecule has 20 heavy (non-hydrogen) atoms. The van der Waals surface area contributed by atoms with Crippen LogP contribution >= 0.6 is 0 Å². The highest BCUT2D eigenvalue weighted by Crippen LogP contribution is 2.09. The molecule has 1 fully saturated rings. The summed E-state index contributed by atoms with van der Waals surface area (Å²) in [7, 11) is 0. The first-order valence-corrected chi connectivity index (χ1v) is 8.03. The van der Waals surface area contributed by atoms with Crippen LogP contribution < -0.4 is 11.1 Å². The van der Waals surface area contributed by atoms with Gasteiger partial charge in [0.15, 0.2) is 0 Å². The fraction of sp³-hybridized carbons (Fsp3) is 0.933. The molecule has 5 nitrogen and oxygen atoms in total. The first-order chi connectivity index (χ1) is 9.53. The third-order valence-corrected chi connectivity index (χ3v) is 4.61. The zero-order chi connectivity index (χ0) is 15.0. The molecule has 0 bridgehead atoms. The van der Waals surface area contributed by atoms with E-state index in [0.717, 1.165) is 52.1 Å². The molecule has 1 saturated heterocycles. The van der Waals surface area contributed by atoms with Crippen LogP contribution in [-0.4, -0.2) is 67.1 Å². The van der Waals surface area contributed by atoms with Crippen molar-refractivity contribution in [3.8, 4) is 0 Å². The van der Waals surface area contributed by atoms with E-state index in [1.54, 1.807) is 0 Å². The number of likely N-dealkylation sites (N-methyl/N-ethyl adjacent to an activating group) is 1. The Balaban J connectivity index is 2.17. The lowest BCUT2D eigenvalue weighted by Crippen LogP contribution is -2.50. The van der Waals surface area contributed by atoms with Gasteiger partial charge in [0.1, 0.15) is 0 Å². The van der Waals surface area contributed by atoms with Gasteiger partial charge in [-0.3, -0.25) is 4.79 Å². The number of nitrogens with two attached hydrogens (primary N) is 1. The maximum atomic E-state index is 11.9. The number of piperazine rings is 1. The Kier molecular flexibility index (Phi) is 7.48. The molecule has 1 amide bonds. The maximum Gasteiger partial charge on any atom is 0.221 e. The Morgan fingerprint density at radius 3 is 2.15 bits per heavy atom. The van der Waals surface area contributed by atoms with Gasteiger partial charge in [0.2, 0.25) is 5.91 Å². The van der Waals surface area contributed by atoms with E-state index < -0.39 is 0 Å². The Bertz CT molecular complexity index is 284. The Morgan fingerprint density at radius 2 is 1.65 bits per heavy atom. The van der Waals surface area contributed by atoms with Crippen LogP contribution in [0, 0.1) is 0 Å². The smallest absolute Gasteiger partial charge is 0.221 e. The van der Waals surface area contributed by atoms with Gasteiger partial charge in [0, 0.05) is 51.2 Å². The van der Waals surface area contributed by atoms with E-state index in [-0.39, 0.29) is 11.4 Å². The molecule has 118 valence electrons. The van der Waals surface area contributed by atoms with Crippen LogP contribution in [0.25, 0.3) is 0 Å². The van der Waals surface area contributed by atoms with Crippen LogP contribution in [-0.2, 0) is 4.79 Å². The number of nitrogens with one attached hydrogen (secondary N) is 1. The lowest BCUT2D eigenvalue weighted by Gasteiger charge is -2.34. The van der Waals surface area contributed by atoms with Crippen molar-refractivity contribution in [3.05, 3.63) is 0 Å². The number of nitrogens with zero attached hydrogens (tertiary/aromatic N) is 2. The van der Waals surface area contributed by atoms with Gasteiger partial charge in [-0.15, -0.1) is 0 Å². The largest absolute Gasteiger partial charge is 0.354 e. The number of carbonyl (C=O) groups excluding carboxylic acids is 1. The quantitative estimate of drug-likeness (QED) is 0.687. The summed E-state index contributed by atoms with van der Waals surface area (Å²) in [5.74, 6) is 0.125. The molecule has 5 heteroatoms. The molecule has 0 aliphatic carbocycles. The van der Waals surface area contributed by atoms with E-state index in [0.29, 0.717) is 13.0 Å². The van der Waals surface area contributed by atoms with Crippen LogP contribution in [0.15, 0.2) is 0 Å². The average Bonchev–Trinajstić information content (AvgIpc) is 2.51. The fourth-order valence-electron chi connectivity index (χ4n) is 2.45. The average molecular weight is 284 g/mol. The second kappa shape index (κ2) is 8.60. The summed E-state index contributed by atoms with van der Waals surface area (Å²) >= 11 is 0. The Hall–Kier alpha value is -0.650. The molecule has 0 spiro atoms.